The number of benzene rings is 8. The Morgan fingerprint density at radius 1 is 0.384 bits per heavy atom. The monoisotopic (exact) mass is 1490 g/mol. The summed E-state index contributed by atoms with van der Waals surface area (Å²) in [5, 5.41) is 89.0. The molecule has 31 heteroatoms. The van der Waals surface area contributed by atoms with Gasteiger partial charge in [0.05, 0.1) is 60.4 Å². The van der Waals surface area contributed by atoms with Crippen molar-refractivity contribution in [2.24, 2.45) is 0 Å². The van der Waals surface area contributed by atoms with Gasteiger partial charge in [-0.1, -0.05) is 54.1 Å². The Morgan fingerprint density at radius 2 is 0.636 bits per heavy atom. The average Bonchev–Trinajstić information content (AvgIpc) is 0.896. The molecule has 0 aromatic heterocycles. The number of ether oxygens (including phenoxy) is 9. The van der Waals surface area contributed by atoms with Gasteiger partial charge in [-0.25, -0.2) is 4.39 Å². The molecule has 1 atom stereocenters. The second-order valence-electron chi connectivity index (χ2n) is 18.2. The van der Waals surface area contributed by atoms with Crippen LogP contribution in [0.1, 0.15) is 18.1 Å². The van der Waals surface area contributed by atoms with Gasteiger partial charge in [0.25, 0.3) is 0 Å². The third-order valence-corrected chi connectivity index (χ3v) is 11.1. The van der Waals surface area contributed by atoms with Crippen molar-refractivity contribution in [2.75, 3.05) is 53.4 Å². The molecule has 26 nitrogen and oxygen atoms in total. The minimum absolute atomic E-state index is 0.0483. The first kappa shape index (κ1) is 85.0. The molecule has 0 fully saturated rings. The number of alkyl halides is 3. The highest BCUT2D eigenvalue weighted by atomic mass is 127. The molecule has 1 unspecified atom stereocenters. The molecule has 8 rings (SSSR count). The predicted octanol–water partition coefficient (Wildman–Crippen LogP) is 0.696. The SMILES string of the molecule is CC(Oc1ccccc1)C(=O)[O-].COc1ccc(OCC(=O)[O-])cc1.Cc1ccc(OCC(=O)[O-])cc1.O=C([O-])COc1ccc(C(F)(F)F)cc1.O=C([O-])COc1ccc(F)cc1.O=C([O-])COc1ccc(I)cc1.O=C([O-])COc1ccc(O)cc1.O=C([O-])COc1ccccc1. The van der Waals surface area contributed by atoms with Crippen LogP contribution in [-0.4, -0.2) is 112 Å². The van der Waals surface area contributed by atoms with Gasteiger partial charge in [0.1, 0.15) is 116 Å². The first-order valence-corrected chi connectivity index (χ1v) is 28.9. The number of hydrogen-bond acceptors (Lipinski definition) is 26. The quantitative estimate of drug-likeness (QED) is 0.0607. The molecule has 0 saturated carbocycles. The Hall–Kier alpha value is -12.0. The molecule has 530 valence electrons. The number of carboxylic acid groups (broad SMARTS) is 8. The van der Waals surface area contributed by atoms with Crippen LogP contribution in [0.3, 0.4) is 0 Å². The number of carbonyl (C=O) groups is 8. The van der Waals surface area contributed by atoms with E-state index >= 15 is 0 Å². The number of hydrogen-bond donors (Lipinski definition) is 1. The van der Waals surface area contributed by atoms with Crippen LogP contribution in [0.5, 0.6) is 57.5 Å². The Kier molecular flexibility index (Phi) is 41.7. The van der Waals surface area contributed by atoms with E-state index in [2.05, 4.69) is 27.3 Å². The lowest BCUT2D eigenvalue weighted by molar-refractivity contribution is -0.313. The van der Waals surface area contributed by atoms with Crippen molar-refractivity contribution in [1.82, 2.24) is 0 Å². The molecule has 0 aliphatic heterocycles. The van der Waals surface area contributed by atoms with Gasteiger partial charge in [0, 0.05) is 3.57 Å². The van der Waals surface area contributed by atoms with Gasteiger partial charge in [-0.15, -0.1) is 0 Å². The number of phenols is 1. The van der Waals surface area contributed by atoms with Crippen LogP contribution in [0.2, 0.25) is 0 Å². The molecule has 0 heterocycles. The summed E-state index contributed by atoms with van der Waals surface area (Å²) in [6.45, 7) is 0.0482. The van der Waals surface area contributed by atoms with E-state index in [0.717, 1.165) is 33.4 Å². The number of para-hydroxylation sites is 2. The van der Waals surface area contributed by atoms with E-state index in [-0.39, 0.29) is 11.5 Å². The molecule has 0 saturated heterocycles. The van der Waals surface area contributed by atoms with Gasteiger partial charge in [-0.2, -0.15) is 13.2 Å². The standard InChI is InChI=1S/C9H7F3O3.C9H10O4.2C9H10O3.C8H7FO3.C8H7IO3.C8H8O4.C8H8O3/c10-9(11,12)6-1-3-7(4-2-6)15-5-8(13)14;1-12-7-2-4-8(5-3-7)13-6-9(10)11;1-7-2-4-8(5-3-7)12-6-9(10)11;1-7(9(10)11)12-8-5-3-2-4-6-8;3*9-6-1-3-7(4-2-6)12-5-8(10)11;9-8(10)6-11-7-4-2-1-3-5-7/h1-4H,5H2,(H,13,14);2-5H,6H2,1H3,(H,10,11);2-5H,6H2,1H3,(H,10,11);2-7H,1H3,(H,10,11);2*1-4H,5H2,(H,10,11);1-4,9H,5H2,(H,10,11);1-5H,6H2,(H,9,10)/p-8. The second-order valence-corrected chi connectivity index (χ2v) is 19.5. The Bertz CT molecular complexity index is 3390. The number of phenolic OH excluding ortho intramolecular Hbond substituents is 1. The van der Waals surface area contributed by atoms with Crippen molar-refractivity contribution in [3.63, 3.8) is 0 Å². The number of aryl methyl sites for hydroxylation is 1. The third-order valence-electron chi connectivity index (χ3n) is 10.4. The molecular formula is C68H59F4IO26-8. The summed E-state index contributed by atoms with van der Waals surface area (Å²) in [5.41, 5.74) is 0.291. The highest BCUT2D eigenvalue weighted by molar-refractivity contribution is 14.1. The van der Waals surface area contributed by atoms with Crippen molar-refractivity contribution in [1.29, 1.82) is 0 Å². The molecule has 0 radical (unpaired) electrons. The van der Waals surface area contributed by atoms with Gasteiger partial charge in [0.15, 0.2) is 0 Å². The van der Waals surface area contributed by atoms with Crippen LogP contribution >= 0.6 is 22.6 Å². The van der Waals surface area contributed by atoms with Crippen molar-refractivity contribution in [3.8, 4) is 57.5 Å². The zero-order chi connectivity index (χ0) is 74.1. The number of methoxy groups -OCH3 is 1. The maximum absolute atomic E-state index is 12.3. The maximum Gasteiger partial charge on any atom is 0.416 e. The average molecular weight is 1500 g/mol. The number of carboxylic acids is 8. The highest BCUT2D eigenvalue weighted by Crippen LogP contribution is 2.30. The molecule has 0 aliphatic carbocycles. The molecule has 1 N–H and O–H groups in total. The third kappa shape index (κ3) is 45.9. The normalized spacial score (nSPS) is 9.94. The van der Waals surface area contributed by atoms with E-state index < -0.39 is 118 Å². The van der Waals surface area contributed by atoms with Gasteiger partial charge >= 0.3 is 6.18 Å². The van der Waals surface area contributed by atoms with E-state index in [9.17, 15) is 96.8 Å². The fourth-order valence-corrected chi connectivity index (χ4v) is 6.27. The fraction of sp³-hybridized carbons (Fsp3) is 0.176. The van der Waals surface area contributed by atoms with Crippen molar-refractivity contribution in [2.45, 2.75) is 26.1 Å². The molecule has 0 aliphatic rings. The van der Waals surface area contributed by atoms with E-state index in [0.29, 0.717) is 46.0 Å². The lowest BCUT2D eigenvalue weighted by atomic mass is 10.2. The molecule has 0 amide bonds. The van der Waals surface area contributed by atoms with Crippen molar-refractivity contribution < 1.29 is 145 Å². The van der Waals surface area contributed by atoms with Crippen LogP contribution in [0, 0.1) is 16.3 Å². The minimum Gasteiger partial charge on any atom is -0.546 e. The minimum atomic E-state index is -4.41. The van der Waals surface area contributed by atoms with Crippen LogP contribution in [0.25, 0.3) is 0 Å². The summed E-state index contributed by atoms with van der Waals surface area (Å²) in [7, 11) is 1.55. The summed E-state index contributed by atoms with van der Waals surface area (Å²) >= 11 is 2.15. The summed E-state index contributed by atoms with van der Waals surface area (Å²) in [4.78, 5) is 80.1. The summed E-state index contributed by atoms with van der Waals surface area (Å²) in [6.07, 6.45) is -5.32. The molecule has 0 bridgehead atoms. The predicted molar refractivity (Wildman–Crippen MR) is 331 cm³/mol. The summed E-state index contributed by atoms with van der Waals surface area (Å²) in [5.74, 6) is -6.32. The second kappa shape index (κ2) is 48.6. The first-order chi connectivity index (χ1) is 46.8. The van der Waals surface area contributed by atoms with Crippen molar-refractivity contribution in [3.05, 3.63) is 227 Å². The lowest BCUT2D eigenvalue weighted by Gasteiger charge is -2.14. The van der Waals surface area contributed by atoms with Crippen LogP contribution in [-0.2, 0) is 44.5 Å². The van der Waals surface area contributed by atoms with E-state index in [1.807, 2.05) is 43.3 Å². The number of aromatic hydroxyl groups is 1. The fourth-order valence-electron chi connectivity index (χ4n) is 5.91. The van der Waals surface area contributed by atoms with Crippen molar-refractivity contribution >= 4 is 70.3 Å². The Morgan fingerprint density at radius 3 is 0.929 bits per heavy atom. The number of rotatable bonds is 25. The van der Waals surface area contributed by atoms with Crippen LogP contribution in [0.15, 0.2) is 206 Å². The van der Waals surface area contributed by atoms with E-state index in [1.54, 1.807) is 104 Å². The molecule has 8 aromatic rings. The number of aliphatic carboxylic acids is 8. The number of carbonyl (C=O) groups excluding carboxylic acids is 8. The Balaban J connectivity index is 0.000000566. The van der Waals surface area contributed by atoms with E-state index in [1.165, 1.54) is 55.5 Å². The Labute approximate surface area is 576 Å². The largest absolute Gasteiger partial charge is 0.546 e. The topological polar surface area (TPSA) is 424 Å². The van der Waals surface area contributed by atoms with Gasteiger partial charge in [-0.3, -0.25) is 0 Å². The molecule has 0 spiro atoms. The molecule has 8 aromatic carbocycles. The maximum atomic E-state index is 12.3. The number of halogens is 5. The van der Waals surface area contributed by atoms with Crippen LogP contribution in [0.4, 0.5) is 17.6 Å². The van der Waals surface area contributed by atoms with Gasteiger partial charge in [-0.05, 0) is 194 Å². The summed E-state index contributed by atoms with van der Waals surface area (Å²) < 4.78 is 93.0. The first-order valence-electron chi connectivity index (χ1n) is 27.8. The molecule has 99 heavy (non-hydrogen) atoms. The van der Waals surface area contributed by atoms with Gasteiger partial charge in [0.2, 0.25) is 0 Å². The summed E-state index contributed by atoms with van der Waals surface area (Å²) in [6, 6.07) is 52.9. The van der Waals surface area contributed by atoms with Gasteiger partial charge < -0.3 is 127 Å². The molecular weight excluding hydrogens is 1440 g/mol. The highest BCUT2D eigenvalue weighted by Gasteiger charge is 2.30. The zero-order valence-electron chi connectivity index (χ0n) is 52.2. The van der Waals surface area contributed by atoms with Crippen LogP contribution < -0.4 is 83.5 Å². The lowest BCUT2D eigenvalue weighted by Crippen LogP contribution is -2.37. The zero-order valence-corrected chi connectivity index (χ0v) is 54.4. The smallest absolute Gasteiger partial charge is 0.416 e. The van der Waals surface area contributed by atoms with E-state index in [4.69, 9.17) is 43.0 Å².